The first-order chi connectivity index (χ1) is 4.43. The van der Waals surface area contributed by atoms with Gasteiger partial charge in [-0.3, -0.25) is 0 Å². The van der Waals surface area contributed by atoms with Crippen molar-refractivity contribution < 1.29 is 0 Å². The van der Waals surface area contributed by atoms with Crippen LogP contribution in [0.3, 0.4) is 0 Å². The van der Waals surface area contributed by atoms with Crippen molar-refractivity contribution in [3.8, 4) is 11.8 Å². The van der Waals surface area contributed by atoms with E-state index < -0.39 is 0 Å². The highest BCUT2D eigenvalue weighted by atomic mass is 14.9. The maximum absolute atomic E-state index is 5.21. The van der Waals surface area contributed by atoms with Crippen LogP contribution in [0.5, 0.6) is 0 Å². The zero-order chi connectivity index (χ0) is 6.53. The SMILES string of the molecule is NCC#CC1CCNC1. The van der Waals surface area contributed by atoms with Gasteiger partial charge in [-0.1, -0.05) is 11.8 Å². The molecule has 1 heterocycles. The van der Waals surface area contributed by atoms with Crippen molar-refractivity contribution >= 4 is 0 Å². The van der Waals surface area contributed by atoms with Crippen molar-refractivity contribution in [2.75, 3.05) is 19.6 Å². The fourth-order valence-electron chi connectivity index (χ4n) is 0.981. The summed E-state index contributed by atoms with van der Waals surface area (Å²) >= 11 is 0. The van der Waals surface area contributed by atoms with Crippen molar-refractivity contribution in [2.45, 2.75) is 6.42 Å². The smallest absolute Gasteiger partial charge is 0.0551 e. The minimum atomic E-state index is 0.497. The molecule has 2 heteroatoms. The molecule has 1 saturated heterocycles. The molecule has 1 unspecified atom stereocenters. The normalized spacial score (nSPS) is 25.2. The van der Waals surface area contributed by atoms with Crippen molar-refractivity contribution in [1.82, 2.24) is 5.32 Å². The summed E-state index contributed by atoms with van der Waals surface area (Å²) in [5.41, 5.74) is 5.21. The lowest BCUT2D eigenvalue weighted by atomic mass is 10.1. The summed E-state index contributed by atoms with van der Waals surface area (Å²) in [6, 6.07) is 0. The van der Waals surface area contributed by atoms with Crippen LogP contribution in [-0.2, 0) is 0 Å². The second kappa shape index (κ2) is 3.49. The maximum atomic E-state index is 5.21. The Morgan fingerprint density at radius 3 is 3.11 bits per heavy atom. The molecule has 3 N–H and O–H groups in total. The molecule has 0 saturated carbocycles. The summed E-state index contributed by atoms with van der Waals surface area (Å²) < 4.78 is 0. The summed E-state index contributed by atoms with van der Waals surface area (Å²) in [7, 11) is 0. The van der Waals surface area contributed by atoms with Gasteiger partial charge in [0, 0.05) is 12.5 Å². The van der Waals surface area contributed by atoms with Crippen LogP contribution >= 0.6 is 0 Å². The third kappa shape index (κ3) is 2.05. The Morgan fingerprint density at radius 2 is 2.56 bits per heavy atom. The minimum absolute atomic E-state index is 0.497. The molecule has 1 fully saturated rings. The molecule has 0 bridgehead atoms. The van der Waals surface area contributed by atoms with Crippen LogP contribution in [0.15, 0.2) is 0 Å². The Kier molecular flexibility index (Phi) is 2.56. The molecule has 0 aromatic heterocycles. The largest absolute Gasteiger partial charge is 0.320 e. The van der Waals surface area contributed by atoms with E-state index >= 15 is 0 Å². The fourth-order valence-corrected chi connectivity index (χ4v) is 0.981. The van der Waals surface area contributed by atoms with Crippen LogP contribution in [0.25, 0.3) is 0 Å². The minimum Gasteiger partial charge on any atom is -0.320 e. The standard InChI is InChI=1S/C7H12N2/c8-4-1-2-7-3-5-9-6-7/h7,9H,3-6,8H2. The number of hydrogen-bond donors (Lipinski definition) is 2. The Balaban J connectivity index is 2.26. The van der Waals surface area contributed by atoms with E-state index in [4.69, 9.17) is 5.73 Å². The Bertz CT molecular complexity index is 126. The van der Waals surface area contributed by atoms with Crippen LogP contribution in [0.2, 0.25) is 0 Å². The van der Waals surface area contributed by atoms with E-state index in [0.29, 0.717) is 12.5 Å². The quantitative estimate of drug-likeness (QED) is 0.430. The van der Waals surface area contributed by atoms with E-state index in [1.807, 2.05) is 0 Å². The first-order valence-electron chi connectivity index (χ1n) is 3.32. The molecule has 0 aromatic rings. The van der Waals surface area contributed by atoms with E-state index in [-0.39, 0.29) is 0 Å². The zero-order valence-corrected chi connectivity index (χ0v) is 5.48. The molecule has 1 atom stereocenters. The average Bonchev–Trinajstić information content (AvgIpc) is 2.34. The van der Waals surface area contributed by atoms with E-state index in [2.05, 4.69) is 17.2 Å². The summed E-state index contributed by atoms with van der Waals surface area (Å²) in [6.45, 7) is 2.66. The number of rotatable bonds is 0. The molecule has 1 aliphatic rings. The third-order valence-electron chi connectivity index (χ3n) is 1.47. The van der Waals surface area contributed by atoms with E-state index in [1.165, 1.54) is 6.42 Å². The van der Waals surface area contributed by atoms with E-state index in [0.717, 1.165) is 13.1 Å². The molecule has 0 spiro atoms. The van der Waals surface area contributed by atoms with Crippen molar-refractivity contribution in [1.29, 1.82) is 0 Å². The zero-order valence-electron chi connectivity index (χ0n) is 5.48. The van der Waals surface area contributed by atoms with Gasteiger partial charge in [0.25, 0.3) is 0 Å². The Labute approximate surface area is 55.8 Å². The average molecular weight is 124 g/mol. The first-order valence-corrected chi connectivity index (χ1v) is 3.32. The molecule has 1 rings (SSSR count). The third-order valence-corrected chi connectivity index (χ3v) is 1.47. The molecule has 0 radical (unpaired) electrons. The van der Waals surface area contributed by atoms with Gasteiger partial charge < -0.3 is 11.1 Å². The van der Waals surface area contributed by atoms with Crippen molar-refractivity contribution in [2.24, 2.45) is 11.7 Å². The number of nitrogens with one attached hydrogen (secondary N) is 1. The number of nitrogens with two attached hydrogens (primary N) is 1. The fraction of sp³-hybridized carbons (Fsp3) is 0.714. The van der Waals surface area contributed by atoms with Gasteiger partial charge in [0.2, 0.25) is 0 Å². The highest BCUT2D eigenvalue weighted by Gasteiger charge is 2.09. The van der Waals surface area contributed by atoms with Crippen LogP contribution in [0.1, 0.15) is 6.42 Å². The summed E-state index contributed by atoms with van der Waals surface area (Å²) in [5, 5.41) is 3.24. The molecule has 50 valence electrons. The van der Waals surface area contributed by atoms with Gasteiger partial charge >= 0.3 is 0 Å². The van der Waals surface area contributed by atoms with Gasteiger partial charge in [0.1, 0.15) is 0 Å². The van der Waals surface area contributed by atoms with Crippen LogP contribution < -0.4 is 11.1 Å². The van der Waals surface area contributed by atoms with E-state index in [9.17, 15) is 0 Å². The van der Waals surface area contributed by atoms with Gasteiger partial charge in [-0.2, -0.15) is 0 Å². The molecule has 0 aliphatic carbocycles. The Morgan fingerprint density at radius 1 is 1.67 bits per heavy atom. The van der Waals surface area contributed by atoms with Crippen molar-refractivity contribution in [3.63, 3.8) is 0 Å². The topological polar surface area (TPSA) is 38.0 Å². The van der Waals surface area contributed by atoms with Crippen LogP contribution in [0.4, 0.5) is 0 Å². The molecular formula is C7H12N2. The maximum Gasteiger partial charge on any atom is 0.0551 e. The van der Waals surface area contributed by atoms with Gasteiger partial charge in [0.15, 0.2) is 0 Å². The van der Waals surface area contributed by atoms with Crippen molar-refractivity contribution in [3.05, 3.63) is 0 Å². The first kappa shape index (κ1) is 6.60. The monoisotopic (exact) mass is 124 g/mol. The molecule has 0 amide bonds. The second-order valence-electron chi connectivity index (χ2n) is 2.21. The van der Waals surface area contributed by atoms with Crippen LogP contribution in [-0.4, -0.2) is 19.6 Å². The van der Waals surface area contributed by atoms with Gasteiger partial charge in [-0.05, 0) is 13.0 Å². The summed E-state index contributed by atoms with van der Waals surface area (Å²) in [6.07, 6.45) is 1.19. The van der Waals surface area contributed by atoms with Gasteiger partial charge in [-0.15, -0.1) is 0 Å². The highest BCUT2D eigenvalue weighted by Crippen LogP contribution is 2.03. The lowest BCUT2D eigenvalue weighted by Crippen LogP contribution is -2.07. The predicted molar refractivity (Wildman–Crippen MR) is 37.8 cm³/mol. The molecule has 1 aliphatic heterocycles. The van der Waals surface area contributed by atoms with Gasteiger partial charge in [0.05, 0.1) is 6.54 Å². The summed E-state index contributed by atoms with van der Waals surface area (Å²) in [4.78, 5) is 0. The lowest BCUT2D eigenvalue weighted by Gasteiger charge is -1.92. The van der Waals surface area contributed by atoms with Crippen LogP contribution in [0, 0.1) is 17.8 Å². The summed E-state index contributed by atoms with van der Waals surface area (Å²) in [5.74, 6) is 6.54. The Hall–Kier alpha value is -0.520. The molecular weight excluding hydrogens is 112 g/mol. The molecule has 2 nitrogen and oxygen atoms in total. The molecule has 9 heavy (non-hydrogen) atoms. The van der Waals surface area contributed by atoms with Gasteiger partial charge in [-0.25, -0.2) is 0 Å². The van der Waals surface area contributed by atoms with E-state index in [1.54, 1.807) is 0 Å². The molecule has 0 aromatic carbocycles. The highest BCUT2D eigenvalue weighted by molar-refractivity contribution is 5.06. The number of hydrogen-bond acceptors (Lipinski definition) is 2. The second-order valence-corrected chi connectivity index (χ2v) is 2.21. The predicted octanol–water partition coefficient (Wildman–Crippen LogP) is -0.442. The lowest BCUT2D eigenvalue weighted by molar-refractivity contribution is 0.754.